The maximum atomic E-state index is 12.0. The topological polar surface area (TPSA) is 104 Å². The summed E-state index contributed by atoms with van der Waals surface area (Å²) in [7, 11) is 0. The second kappa shape index (κ2) is 7.16. The van der Waals surface area contributed by atoms with Crippen LogP contribution in [0.4, 0.5) is 0 Å². The number of rotatable bonds is 5. The Morgan fingerprint density at radius 1 is 1.38 bits per heavy atom. The molecule has 0 saturated heterocycles. The van der Waals surface area contributed by atoms with Gasteiger partial charge < -0.3 is 10.4 Å². The Bertz CT molecular complexity index is 866. The van der Waals surface area contributed by atoms with Crippen LogP contribution in [0.1, 0.15) is 11.3 Å². The first kappa shape index (κ1) is 16.7. The number of amides is 1. The minimum atomic E-state index is -0.236. The van der Waals surface area contributed by atoms with E-state index in [9.17, 15) is 9.90 Å². The number of H-pyrrole nitrogens is 1. The van der Waals surface area contributed by atoms with Crippen LogP contribution in [0.5, 0.6) is 5.75 Å². The van der Waals surface area contributed by atoms with E-state index in [2.05, 4.69) is 25.5 Å². The average Bonchev–Trinajstić information content (AvgIpc) is 3.20. The lowest BCUT2D eigenvalue weighted by molar-refractivity contribution is -0.120. The fourth-order valence-electron chi connectivity index (χ4n) is 1.98. The zero-order valence-corrected chi connectivity index (χ0v) is 14.4. The number of hydrogen-bond acceptors (Lipinski definition) is 6. The standard InChI is InChI=1S/C14H11Cl2N5O2S/c15-8-1-7(12(23)10(16)2-8)4-17-11(22)3-9-5-24-14(20-9)13-18-6-19-21-13/h1-2,5-6,23H,3-4H2,(H,17,22)(H,18,19,21). The van der Waals surface area contributed by atoms with Gasteiger partial charge in [-0.3, -0.25) is 9.89 Å². The molecule has 0 radical (unpaired) electrons. The molecule has 0 aliphatic heterocycles. The van der Waals surface area contributed by atoms with Gasteiger partial charge in [0.05, 0.1) is 17.1 Å². The van der Waals surface area contributed by atoms with Crippen molar-refractivity contribution >= 4 is 40.4 Å². The summed E-state index contributed by atoms with van der Waals surface area (Å²) >= 11 is 13.1. The summed E-state index contributed by atoms with van der Waals surface area (Å²) in [6, 6.07) is 2.98. The molecule has 0 atom stereocenters. The summed E-state index contributed by atoms with van der Waals surface area (Å²) in [5.41, 5.74) is 1.07. The van der Waals surface area contributed by atoms with Crippen LogP contribution in [0.2, 0.25) is 10.0 Å². The quantitative estimate of drug-likeness (QED) is 0.628. The molecule has 1 amide bonds. The molecule has 24 heavy (non-hydrogen) atoms. The van der Waals surface area contributed by atoms with Gasteiger partial charge in [-0.2, -0.15) is 5.10 Å². The zero-order valence-electron chi connectivity index (χ0n) is 12.1. The number of phenols is 1. The van der Waals surface area contributed by atoms with Crippen molar-refractivity contribution in [2.75, 3.05) is 0 Å². The molecule has 3 rings (SSSR count). The Morgan fingerprint density at radius 2 is 2.21 bits per heavy atom. The summed E-state index contributed by atoms with van der Waals surface area (Å²) in [6.45, 7) is 0.115. The number of halogens is 2. The Hall–Kier alpha value is -2.16. The molecule has 0 aliphatic carbocycles. The third-order valence-corrected chi connectivity index (χ3v) is 4.50. The highest BCUT2D eigenvalue weighted by molar-refractivity contribution is 7.13. The number of phenolic OH excluding ortho intramolecular Hbond substituents is 1. The van der Waals surface area contributed by atoms with Crippen LogP contribution in [0.25, 0.3) is 10.8 Å². The first-order chi connectivity index (χ1) is 11.5. The molecule has 2 heterocycles. The van der Waals surface area contributed by atoms with Crippen LogP contribution in [0.15, 0.2) is 23.8 Å². The normalized spacial score (nSPS) is 10.8. The number of carbonyl (C=O) groups excluding carboxylic acids is 1. The van der Waals surface area contributed by atoms with Crippen molar-refractivity contribution in [1.29, 1.82) is 0 Å². The molecule has 0 spiro atoms. The van der Waals surface area contributed by atoms with Crippen LogP contribution < -0.4 is 5.32 Å². The predicted octanol–water partition coefficient (Wildman–Crippen LogP) is 2.80. The Kier molecular flexibility index (Phi) is 4.98. The maximum absolute atomic E-state index is 12.0. The summed E-state index contributed by atoms with van der Waals surface area (Å²) in [5.74, 6) is 0.229. The van der Waals surface area contributed by atoms with E-state index in [0.717, 1.165) is 0 Å². The average molecular weight is 384 g/mol. The summed E-state index contributed by atoms with van der Waals surface area (Å²) in [6.07, 6.45) is 1.51. The third kappa shape index (κ3) is 3.84. The van der Waals surface area contributed by atoms with Crippen molar-refractivity contribution < 1.29 is 9.90 Å². The number of nitrogens with zero attached hydrogens (tertiary/aromatic N) is 3. The highest BCUT2D eigenvalue weighted by Gasteiger charge is 2.12. The molecule has 0 saturated carbocycles. The van der Waals surface area contributed by atoms with Gasteiger partial charge in [-0.05, 0) is 12.1 Å². The van der Waals surface area contributed by atoms with Gasteiger partial charge in [0.1, 0.15) is 12.1 Å². The smallest absolute Gasteiger partial charge is 0.226 e. The SMILES string of the molecule is O=C(Cc1csc(-c2ncn[nH]2)n1)NCc1cc(Cl)cc(Cl)c1O. The molecule has 7 nitrogen and oxygen atoms in total. The number of hydrogen-bond donors (Lipinski definition) is 3. The van der Waals surface area contributed by atoms with Crippen molar-refractivity contribution in [2.24, 2.45) is 0 Å². The number of aromatic amines is 1. The second-order valence-electron chi connectivity index (χ2n) is 4.83. The van der Waals surface area contributed by atoms with Gasteiger partial charge in [-0.25, -0.2) is 9.97 Å². The maximum Gasteiger partial charge on any atom is 0.226 e. The molecule has 2 aromatic heterocycles. The summed E-state index contributed by atoms with van der Waals surface area (Å²) < 4.78 is 0. The number of carbonyl (C=O) groups is 1. The molecule has 1 aromatic carbocycles. The van der Waals surface area contributed by atoms with Crippen molar-refractivity contribution in [2.45, 2.75) is 13.0 Å². The fourth-order valence-corrected chi connectivity index (χ4v) is 3.28. The monoisotopic (exact) mass is 383 g/mol. The largest absolute Gasteiger partial charge is 0.506 e. The lowest BCUT2D eigenvalue weighted by Crippen LogP contribution is -2.24. The van der Waals surface area contributed by atoms with Gasteiger partial charge in [-0.1, -0.05) is 23.2 Å². The van der Waals surface area contributed by atoms with Crippen LogP contribution in [-0.2, 0) is 17.8 Å². The molecule has 0 aliphatic rings. The second-order valence-corrected chi connectivity index (χ2v) is 6.53. The first-order valence-corrected chi connectivity index (χ1v) is 8.40. The van der Waals surface area contributed by atoms with E-state index in [-0.39, 0.29) is 29.6 Å². The van der Waals surface area contributed by atoms with Crippen molar-refractivity contribution in [3.8, 4) is 16.6 Å². The Labute approximate surface area is 150 Å². The number of aromatic nitrogens is 4. The van der Waals surface area contributed by atoms with Gasteiger partial charge in [0.15, 0.2) is 10.8 Å². The Balaban J connectivity index is 1.60. The molecule has 3 N–H and O–H groups in total. The van der Waals surface area contributed by atoms with Gasteiger partial charge in [0, 0.05) is 22.5 Å². The van der Waals surface area contributed by atoms with E-state index in [0.29, 0.717) is 27.1 Å². The van der Waals surface area contributed by atoms with Gasteiger partial charge in [0.25, 0.3) is 0 Å². The predicted molar refractivity (Wildman–Crippen MR) is 91.2 cm³/mol. The molecular formula is C14H11Cl2N5O2S. The molecular weight excluding hydrogens is 373 g/mol. The highest BCUT2D eigenvalue weighted by Crippen LogP contribution is 2.31. The van der Waals surface area contributed by atoms with E-state index in [1.807, 2.05) is 0 Å². The van der Waals surface area contributed by atoms with E-state index in [1.165, 1.54) is 23.7 Å². The minimum absolute atomic E-state index is 0.0948. The van der Waals surface area contributed by atoms with Gasteiger partial charge in [-0.15, -0.1) is 11.3 Å². The lowest BCUT2D eigenvalue weighted by Gasteiger charge is -2.08. The Morgan fingerprint density at radius 3 is 2.96 bits per heavy atom. The van der Waals surface area contributed by atoms with Crippen LogP contribution >= 0.6 is 34.5 Å². The van der Waals surface area contributed by atoms with Crippen molar-refractivity contribution in [3.63, 3.8) is 0 Å². The first-order valence-electron chi connectivity index (χ1n) is 6.76. The molecule has 0 fully saturated rings. The number of nitrogens with one attached hydrogen (secondary N) is 2. The van der Waals surface area contributed by atoms with Gasteiger partial charge >= 0.3 is 0 Å². The zero-order chi connectivity index (χ0) is 17.1. The molecule has 10 heteroatoms. The van der Waals surface area contributed by atoms with E-state index in [4.69, 9.17) is 23.2 Å². The van der Waals surface area contributed by atoms with E-state index in [1.54, 1.807) is 11.4 Å². The van der Waals surface area contributed by atoms with Crippen molar-refractivity contribution in [1.82, 2.24) is 25.5 Å². The molecule has 3 aromatic rings. The summed E-state index contributed by atoms with van der Waals surface area (Å²) in [5, 5.41) is 22.0. The van der Waals surface area contributed by atoms with Crippen molar-refractivity contribution in [3.05, 3.63) is 45.1 Å². The molecule has 124 valence electrons. The molecule has 0 bridgehead atoms. The number of benzene rings is 1. The lowest BCUT2D eigenvalue weighted by atomic mass is 10.2. The van der Waals surface area contributed by atoms with Crippen LogP contribution in [0.3, 0.4) is 0 Å². The number of aromatic hydroxyl groups is 1. The third-order valence-electron chi connectivity index (χ3n) is 3.09. The van der Waals surface area contributed by atoms with Gasteiger partial charge in [0.2, 0.25) is 5.91 Å². The minimum Gasteiger partial charge on any atom is -0.506 e. The van der Waals surface area contributed by atoms with E-state index < -0.39 is 0 Å². The van der Waals surface area contributed by atoms with Crippen LogP contribution in [-0.4, -0.2) is 31.2 Å². The fraction of sp³-hybridized carbons (Fsp3) is 0.143. The summed E-state index contributed by atoms with van der Waals surface area (Å²) in [4.78, 5) is 20.4. The number of thiazole rings is 1. The van der Waals surface area contributed by atoms with E-state index >= 15 is 0 Å². The van der Waals surface area contributed by atoms with Crippen LogP contribution in [0, 0.1) is 0 Å². The highest BCUT2D eigenvalue weighted by atomic mass is 35.5. The molecule has 0 unspecified atom stereocenters.